The number of hydrogen-bond acceptors (Lipinski definition) is 2. The molecule has 0 saturated heterocycles. The minimum atomic E-state index is -0.134. The zero-order valence-electron chi connectivity index (χ0n) is 30.2. The highest BCUT2D eigenvalue weighted by molar-refractivity contribution is 8.00. The summed E-state index contributed by atoms with van der Waals surface area (Å²) in [6.45, 7) is 13.9. The van der Waals surface area contributed by atoms with Crippen LogP contribution in [0, 0.1) is 0 Å². The number of para-hydroxylation sites is 1. The van der Waals surface area contributed by atoms with Crippen LogP contribution in [0.3, 0.4) is 0 Å². The molecule has 0 spiro atoms. The van der Waals surface area contributed by atoms with Crippen molar-refractivity contribution in [3.63, 3.8) is 0 Å². The van der Waals surface area contributed by atoms with E-state index in [4.69, 9.17) is 11.0 Å². The second-order valence-electron chi connectivity index (χ2n) is 15.2. The number of rotatable bonds is 3. The van der Waals surface area contributed by atoms with E-state index in [1.165, 1.54) is 65.3 Å². The first-order valence-electron chi connectivity index (χ1n) is 18.7. The summed E-state index contributed by atoms with van der Waals surface area (Å²) in [6, 6.07) is 39.7. The van der Waals surface area contributed by atoms with Gasteiger partial charge >= 0.3 is 0 Å². The lowest BCUT2D eigenvalue weighted by Gasteiger charge is -2.30. The van der Waals surface area contributed by atoms with Gasteiger partial charge in [0.25, 0.3) is 0 Å². The normalized spacial score (nSPS) is 22.2. The highest BCUT2D eigenvalue weighted by Crippen LogP contribution is 2.57. The summed E-state index contributed by atoms with van der Waals surface area (Å²) < 4.78 is 6.72. The Labute approximate surface area is 315 Å². The molecule has 256 valence electrons. The van der Waals surface area contributed by atoms with Gasteiger partial charge in [-0.1, -0.05) is 148 Å². The molecule has 0 bridgehead atoms. The van der Waals surface area contributed by atoms with Gasteiger partial charge in [0.2, 0.25) is 0 Å². The number of fused-ring (bicyclic) bond motifs is 11. The molecular weight excluding hydrogens is 661 g/mol. The molecule has 0 saturated carbocycles. The van der Waals surface area contributed by atoms with Gasteiger partial charge in [0, 0.05) is 37.8 Å². The molecule has 1 nitrogen and oxygen atoms in total. The van der Waals surface area contributed by atoms with Crippen LogP contribution >= 0.6 is 11.8 Å². The van der Waals surface area contributed by atoms with E-state index in [0.29, 0.717) is 0 Å². The Morgan fingerprint density at radius 1 is 0.774 bits per heavy atom. The van der Waals surface area contributed by atoms with Crippen LogP contribution in [0.4, 0.5) is 0 Å². The fourth-order valence-electron chi connectivity index (χ4n) is 9.10. The van der Waals surface area contributed by atoms with Gasteiger partial charge in [-0.15, -0.1) is 11.8 Å². The first-order valence-corrected chi connectivity index (χ1v) is 19.6. The predicted octanol–water partition coefficient (Wildman–Crippen LogP) is 12.0. The van der Waals surface area contributed by atoms with Crippen LogP contribution in [0.25, 0.3) is 44.7 Å². The molecule has 4 aliphatic rings. The zero-order chi connectivity index (χ0) is 35.8. The van der Waals surface area contributed by atoms with Gasteiger partial charge in [0.05, 0.1) is 0 Å². The molecule has 0 N–H and O–H groups in total. The monoisotopic (exact) mass is 700 g/mol. The highest BCUT2D eigenvalue weighted by Gasteiger charge is 2.42. The van der Waals surface area contributed by atoms with Crippen molar-refractivity contribution < 1.29 is 4.42 Å². The van der Waals surface area contributed by atoms with E-state index >= 15 is 0 Å². The number of hydrogen-bond donors (Lipinski definition) is 0. The van der Waals surface area contributed by atoms with Crippen molar-refractivity contribution in [1.29, 1.82) is 0 Å². The van der Waals surface area contributed by atoms with Crippen LogP contribution in [0.2, 0.25) is 0 Å². The lowest BCUT2D eigenvalue weighted by atomic mass is 9.76. The van der Waals surface area contributed by atoms with Gasteiger partial charge in [-0.05, 0) is 103 Å². The summed E-state index contributed by atoms with van der Waals surface area (Å²) in [5, 5.41) is 4.96. The van der Waals surface area contributed by atoms with Gasteiger partial charge in [0.15, 0.2) is 0 Å². The number of allylic oxidation sites excluding steroid dienone is 8. The molecule has 2 unspecified atom stereocenters. The summed E-state index contributed by atoms with van der Waals surface area (Å²) >= 11 is 2.00. The fourth-order valence-corrected chi connectivity index (χ4v) is 10.6. The summed E-state index contributed by atoms with van der Waals surface area (Å²) in [7, 11) is 0. The minimum Gasteiger partial charge on any atom is -0.455 e. The van der Waals surface area contributed by atoms with Crippen molar-refractivity contribution in [3.05, 3.63) is 208 Å². The molecule has 0 radical (unpaired) electrons. The topological polar surface area (TPSA) is 13.1 Å². The molecule has 5 aromatic carbocycles. The molecule has 1 aromatic heterocycles. The largest absolute Gasteiger partial charge is 0.455 e. The van der Waals surface area contributed by atoms with Crippen molar-refractivity contribution >= 4 is 56.5 Å². The van der Waals surface area contributed by atoms with E-state index < -0.39 is 0 Å². The maximum Gasteiger partial charge on any atom is 0.142 e. The molecule has 2 atom stereocenters. The first kappa shape index (κ1) is 32.1. The molecule has 1 aliphatic heterocycles. The van der Waals surface area contributed by atoms with E-state index in [1.54, 1.807) is 0 Å². The lowest BCUT2D eigenvalue weighted by molar-refractivity contribution is 0.663. The van der Waals surface area contributed by atoms with E-state index in [9.17, 15) is 0 Å². The van der Waals surface area contributed by atoms with Crippen LogP contribution in [0.1, 0.15) is 60.4 Å². The molecule has 2 heteroatoms. The van der Waals surface area contributed by atoms with Crippen LogP contribution in [0.15, 0.2) is 179 Å². The maximum atomic E-state index is 6.72. The minimum absolute atomic E-state index is 0.134. The molecule has 53 heavy (non-hydrogen) atoms. The van der Waals surface area contributed by atoms with E-state index in [-0.39, 0.29) is 16.6 Å². The van der Waals surface area contributed by atoms with Gasteiger partial charge in [-0.3, -0.25) is 0 Å². The van der Waals surface area contributed by atoms with Crippen LogP contribution in [0.5, 0.6) is 0 Å². The summed E-state index contributed by atoms with van der Waals surface area (Å²) in [5.74, 6) is 0.215. The maximum absolute atomic E-state index is 6.72. The molecule has 2 heterocycles. The van der Waals surface area contributed by atoms with Crippen LogP contribution < -0.4 is 10.4 Å². The SMILES string of the molecule is C=C(/C=C1\C(=C)C(C)(C)c2ccccc21)C1=c2cccc/c2=C(C2=Cc3c(ccc4c3oc3ccccc34)C3c4ccccc4SC23)/C=C/CCC=C1. The van der Waals surface area contributed by atoms with E-state index in [0.717, 1.165) is 46.1 Å². The average Bonchev–Trinajstić information content (AvgIpc) is 3.82. The Kier molecular flexibility index (Phi) is 7.42. The zero-order valence-corrected chi connectivity index (χ0v) is 31.0. The third kappa shape index (κ3) is 4.92. The smallest absolute Gasteiger partial charge is 0.142 e. The Morgan fingerprint density at radius 2 is 1.51 bits per heavy atom. The molecule has 6 aromatic rings. The third-order valence-corrected chi connectivity index (χ3v) is 13.3. The van der Waals surface area contributed by atoms with Crippen molar-refractivity contribution in [1.82, 2.24) is 0 Å². The number of furan rings is 1. The Bertz CT molecular complexity index is 2830. The van der Waals surface area contributed by atoms with Crippen molar-refractivity contribution in [3.8, 4) is 0 Å². The van der Waals surface area contributed by atoms with E-state index in [2.05, 4.69) is 166 Å². The lowest BCUT2D eigenvalue weighted by Crippen LogP contribution is -2.31. The average molecular weight is 701 g/mol. The second-order valence-corrected chi connectivity index (χ2v) is 16.4. The summed E-state index contributed by atoms with van der Waals surface area (Å²) in [4.78, 5) is 1.36. The number of benzene rings is 5. The Balaban J connectivity index is 1.25. The Hall–Kier alpha value is -5.57. The quantitative estimate of drug-likeness (QED) is 0.182. The summed E-state index contributed by atoms with van der Waals surface area (Å²) in [5.41, 5.74) is 15.4. The van der Waals surface area contributed by atoms with Crippen molar-refractivity contribution in [2.24, 2.45) is 0 Å². The van der Waals surface area contributed by atoms with Crippen molar-refractivity contribution in [2.45, 2.75) is 48.2 Å². The van der Waals surface area contributed by atoms with Crippen molar-refractivity contribution in [2.75, 3.05) is 0 Å². The van der Waals surface area contributed by atoms with Gasteiger partial charge in [-0.25, -0.2) is 0 Å². The molecule has 0 fully saturated rings. The summed E-state index contributed by atoms with van der Waals surface area (Å²) in [6.07, 6.45) is 16.0. The predicted molar refractivity (Wildman–Crippen MR) is 225 cm³/mol. The third-order valence-electron chi connectivity index (χ3n) is 11.9. The number of thioether (sulfide) groups is 1. The van der Waals surface area contributed by atoms with Crippen LogP contribution in [-0.4, -0.2) is 5.25 Å². The molecule has 3 aliphatic carbocycles. The molecule has 10 rings (SSSR count). The second kappa shape index (κ2) is 12.3. The fraction of sp³-hybridized carbons (Fsp3) is 0.137. The van der Waals surface area contributed by atoms with E-state index in [1.807, 2.05) is 11.8 Å². The standard InChI is InChI=1S/C51H40OS/c1-31(29-42-32(2)51(3,4)45-24-14-11-21-37(42)45)33-17-7-5-6-8-18-36(35-20-10-9-19-34(33)35)44-30-43-39(48-41-23-13-16-26-47(41)53-50(44)48)27-28-40-38-22-12-15-25-46(38)52-49(40)43/h7-30,48,50H,1-2,5-6H2,3-4H3/b17-7?,18-8+,34-33?,36-35+,42-29+. The highest BCUT2D eigenvalue weighted by atomic mass is 32.2. The first-order chi connectivity index (χ1) is 25.9. The van der Waals surface area contributed by atoms with Gasteiger partial charge in [0.1, 0.15) is 11.2 Å². The Morgan fingerprint density at radius 3 is 2.40 bits per heavy atom. The molecule has 0 amide bonds. The van der Waals surface area contributed by atoms with Gasteiger partial charge < -0.3 is 4.42 Å². The van der Waals surface area contributed by atoms with Crippen LogP contribution in [-0.2, 0) is 5.41 Å². The molecular formula is C51H40OS. The van der Waals surface area contributed by atoms with Gasteiger partial charge in [-0.2, -0.15) is 0 Å².